The maximum absolute atomic E-state index is 12.6. The highest BCUT2D eigenvalue weighted by molar-refractivity contribution is 7.80. The topological polar surface area (TPSA) is 19.7 Å². The smallest absolute Gasteiger partial charge is 0.360 e. The lowest BCUT2D eigenvalue weighted by Gasteiger charge is -2.34. The van der Waals surface area contributed by atoms with Crippen molar-refractivity contribution in [3.63, 3.8) is 0 Å². The van der Waals surface area contributed by atoms with Gasteiger partial charge >= 0.3 is 6.18 Å². The third-order valence-electron chi connectivity index (χ3n) is 3.91. The van der Waals surface area contributed by atoms with Gasteiger partial charge in [-0.15, -0.1) is 0 Å². The molecule has 0 unspecified atom stereocenters. The second-order valence-corrected chi connectivity index (χ2v) is 6.60. The number of alkyl halides is 3. The Hall–Kier alpha value is -1.34. The van der Waals surface area contributed by atoms with Crippen LogP contribution in [-0.4, -0.2) is 42.2 Å². The van der Waals surface area contributed by atoms with Crippen LogP contribution in [0.15, 0.2) is 24.3 Å². The molecule has 7 heteroatoms. The van der Waals surface area contributed by atoms with Gasteiger partial charge in [-0.3, -0.25) is 0 Å². The number of hydrogen-bond acceptors (Lipinski definition) is 1. The fourth-order valence-electron chi connectivity index (χ4n) is 2.64. The molecule has 0 aliphatic carbocycles. The number of hydrogen-bond donors (Lipinski definition) is 2. The normalized spacial score (nSPS) is 16.7. The Morgan fingerprint density at radius 3 is 2.26 bits per heavy atom. The molecule has 1 fully saturated rings. The number of piperazine rings is 1. The second kappa shape index (κ2) is 7.49. The Kier molecular flexibility index (Phi) is 5.86. The van der Waals surface area contributed by atoms with Crippen LogP contribution in [0, 0.1) is 0 Å². The van der Waals surface area contributed by atoms with Gasteiger partial charge in [0.2, 0.25) is 0 Å². The van der Waals surface area contributed by atoms with Gasteiger partial charge in [-0.05, 0) is 38.2 Å². The van der Waals surface area contributed by atoms with Crippen molar-refractivity contribution in [3.8, 4) is 0 Å². The number of nitrogens with one attached hydrogen (secondary N) is 2. The van der Waals surface area contributed by atoms with E-state index in [9.17, 15) is 13.2 Å². The van der Waals surface area contributed by atoms with E-state index < -0.39 is 11.7 Å². The molecule has 0 atom stereocenters. The van der Waals surface area contributed by atoms with Gasteiger partial charge in [0.25, 0.3) is 0 Å². The predicted octanol–water partition coefficient (Wildman–Crippen LogP) is 1.69. The van der Waals surface area contributed by atoms with Crippen molar-refractivity contribution in [3.05, 3.63) is 35.4 Å². The van der Waals surface area contributed by atoms with Crippen LogP contribution < -0.4 is 10.2 Å². The first kappa shape index (κ1) is 18.0. The van der Waals surface area contributed by atoms with Crippen LogP contribution >= 0.6 is 12.2 Å². The quantitative estimate of drug-likeness (QED) is 0.813. The number of nitrogens with zero attached hydrogens (tertiary/aromatic N) is 1. The van der Waals surface area contributed by atoms with E-state index in [0.717, 1.165) is 55.5 Å². The van der Waals surface area contributed by atoms with E-state index in [4.69, 9.17) is 12.2 Å². The summed E-state index contributed by atoms with van der Waals surface area (Å²) >= 11 is 5.37. The minimum absolute atomic E-state index is 0.319. The minimum atomic E-state index is -4.27. The third kappa shape index (κ3) is 5.35. The van der Waals surface area contributed by atoms with Crippen molar-refractivity contribution in [1.29, 1.82) is 0 Å². The van der Waals surface area contributed by atoms with Gasteiger partial charge in [0.1, 0.15) is 6.54 Å². The highest BCUT2D eigenvalue weighted by atomic mass is 32.1. The lowest BCUT2D eigenvalue weighted by Crippen LogP contribution is -3.13. The zero-order valence-corrected chi connectivity index (χ0v) is 14.2. The van der Waals surface area contributed by atoms with Crippen molar-refractivity contribution in [2.24, 2.45) is 0 Å². The molecule has 0 amide bonds. The zero-order valence-electron chi connectivity index (χ0n) is 13.4. The summed E-state index contributed by atoms with van der Waals surface area (Å²) in [6, 6.07) is 5.79. The van der Waals surface area contributed by atoms with Crippen molar-refractivity contribution in [2.75, 3.05) is 26.2 Å². The SMILES string of the molecule is CC(C)NC(=S)N1CC[NH+](Cc2ccc(C(F)(F)F)cc2)CC1. The van der Waals surface area contributed by atoms with Gasteiger partial charge < -0.3 is 15.1 Å². The van der Waals surface area contributed by atoms with Crippen LogP contribution in [0.2, 0.25) is 0 Å². The van der Waals surface area contributed by atoms with Crippen LogP contribution in [0.3, 0.4) is 0 Å². The molecule has 128 valence electrons. The molecular weight excluding hydrogens is 323 g/mol. The molecule has 3 nitrogen and oxygen atoms in total. The highest BCUT2D eigenvalue weighted by Gasteiger charge is 2.30. The van der Waals surface area contributed by atoms with Crippen LogP contribution in [-0.2, 0) is 12.7 Å². The van der Waals surface area contributed by atoms with Crippen molar-refractivity contribution < 1.29 is 18.1 Å². The lowest BCUT2D eigenvalue weighted by atomic mass is 10.1. The molecule has 1 saturated heterocycles. The van der Waals surface area contributed by atoms with Gasteiger partial charge in [0.05, 0.1) is 31.7 Å². The van der Waals surface area contributed by atoms with Crippen LogP contribution in [0.4, 0.5) is 13.2 Å². The summed E-state index contributed by atoms with van der Waals surface area (Å²) in [5.41, 5.74) is 0.343. The minimum Gasteiger partial charge on any atom is -0.360 e. The van der Waals surface area contributed by atoms with Crippen molar-refractivity contribution >= 4 is 17.3 Å². The second-order valence-electron chi connectivity index (χ2n) is 6.21. The first-order valence-corrected chi connectivity index (χ1v) is 8.21. The van der Waals surface area contributed by atoms with Crippen molar-refractivity contribution in [1.82, 2.24) is 10.2 Å². The molecule has 0 bridgehead atoms. The van der Waals surface area contributed by atoms with Crippen molar-refractivity contribution in [2.45, 2.75) is 32.6 Å². The molecule has 1 aromatic carbocycles. The number of thiocarbonyl (C=S) groups is 1. The van der Waals surface area contributed by atoms with Gasteiger partial charge in [0, 0.05) is 11.6 Å². The molecule has 1 aromatic rings. The maximum Gasteiger partial charge on any atom is 0.416 e. The van der Waals surface area contributed by atoms with E-state index >= 15 is 0 Å². The number of benzene rings is 1. The number of halogens is 3. The number of rotatable bonds is 3. The Morgan fingerprint density at radius 1 is 1.22 bits per heavy atom. The average Bonchev–Trinajstić information content (AvgIpc) is 2.47. The molecular formula is C16H23F3N3S+. The fraction of sp³-hybridized carbons (Fsp3) is 0.562. The van der Waals surface area contributed by atoms with Gasteiger partial charge in [-0.1, -0.05) is 12.1 Å². The lowest BCUT2D eigenvalue weighted by molar-refractivity contribution is -0.917. The summed E-state index contributed by atoms with van der Waals surface area (Å²) in [4.78, 5) is 3.53. The monoisotopic (exact) mass is 346 g/mol. The highest BCUT2D eigenvalue weighted by Crippen LogP contribution is 2.28. The Bertz CT molecular complexity index is 520. The average molecular weight is 346 g/mol. The van der Waals surface area contributed by atoms with E-state index in [1.807, 2.05) is 0 Å². The van der Waals surface area contributed by atoms with E-state index in [0.29, 0.717) is 6.04 Å². The van der Waals surface area contributed by atoms with E-state index in [1.54, 1.807) is 12.1 Å². The molecule has 0 aromatic heterocycles. The van der Waals surface area contributed by atoms with Gasteiger partial charge in [0.15, 0.2) is 5.11 Å². The molecule has 0 saturated carbocycles. The molecule has 1 aliphatic rings. The van der Waals surface area contributed by atoms with Crippen LogP contribution in [0.25, 0.3) is 0 Å². The Morgan fingerprint density at radius 2 is 1.78 bits per heavy atom. The summed E-state index contributed by atoms with van der Waals surface area (Å²) in [7, 11) is 0. The Balaban J connectivity index is 1.83. The van der Waals surface area contributed by atoms with Gasteiger partial charge in [-0.2, -0.15) is 13.2 Å². The van der Waals surface area contributed by atoms with Gasteiger partial charge in [-0.25, -0.2) is 0 Å². The summed E-state index contributed by atoms with van der Waals surface area (Å²) < 4.78 is 37.7. The Labute approximate surface area is 140 Å². The first-order valence-electron chi connectivity index (χ1n) is 7.81. The largest absolute Gasteiger partial charge is 0.416 e. The molecule has 1 heterocycles. The van der Waals surface area contributed by atoms with E-state index in [2.05, 4.69) is 24.1 Å². The predicted molar refractivity (Wildman–Crippen MR) is 88.3 cm³/mol. The van der Waals surface area contributed by atoms with E-state index in [1.165, 1.54) is 4.90 Å². The first-order chi connectivity index (χ1) is 10.8. The van der Waals surface area contributed by atoms with E-state index in [-0.39, 0.29) is 0 Å². The molecule has 2 N–H and O–H groups in total. The standard InChI is InChI=1S/C16H22F3N3S/c1-12(2)20-15(23)22-9-7-21(8-10-22)11-13-3-5-14(6-4-13)16(17,18)19/h3-6,12H,7-11H2,1-2H3,(H,20,23)/p+1. The molecule has 23 heavy (non-hydrogen) atoms. The molecule has 0 radical (unpaired) electrons. The molecule has 2 rings (SSSR count). The number of quaternary nitrogens is 1. The summed E-state index contributed by atoms with van der Waals surface area (Å²) in [5.74, 6) is 0. The summed E-state index contributed by atoms with van der Waals surface area (Å²) in [6.45, 7) is 8.46. The maximum atomic E-state index is 12.6. The third-order valence-corrected chi connectivity index (χ3v) is 4.28. The zero-order chi connectivity index (χ0) is 17.0. The van der Waals surface area contributed by atoms with Crippen LogP contribution in [0.5, 0.6) is 0 Å². The molecule has 1 aliphatic heterocycles. The summed E-state index contributed by atoms with van der Waals surface area (Å²) in [5, 5.41) is 4.02. The molecule has 0 spiro atoms. The summed E-state index contributed by atoms with van der Waals surface area (Å²) in [6.07, 6.45) is -4.27. The van der Waals surface area contributed by atoms with Crippen LogP contribution in [0.1, 0.15) is 25.0 Å². The fourth-order valence-corrected chi connectivity index (χ4v) is 3.06.